The summed E-state index contributed by atoms with van der Waals surface area (Å²) >= 11 is 0. The second-order valence-electron chi connectivity index (χ2n) is 12.1. The number of carbonyl (C=O) groups is 1. The van der Waals surface area contributed by atoms with Crippen molar-refractivity contribution in [2.75, 3.05) is 13.4 Å². The van der Waals surface area contributed by atoms with E-state index in [0.29, 0.717) is 17.3 Å². The van der Waals surface area contributed by atoms with Crippen LogP contribution in [0.1, 0.15) is 78.1 Å². The first-order valence-electron chi connectivity index (χ1n) is 13.0. The van der Waals surface area contributed by atoms with Gasteiger partial charge >= 0.3 is 5.97 Å². The van der Waals surface area contributed by atoms with Gasteiger partial charge in [0.1, 0.15) is 0 Å². The average Bonchev–Trinajstić information content (AvgIpc) is 3.40. The third kappa shape index (κ3) is 3.10. The van der Waals surface area contributed by atoms with Crippen LogP contribution >= 0.6 is 0 Å². The van der Waals surface area contributed by atoms with Gasteiger partial charge in [0.05, 0.1) is 24.7 Å². The highest BCUT2D eigenvalue weighted by molar-refractivity contribution is 5.74. The molecule has 6 bridgehead atoms. The number of ether oxygens (including phenoxy) is 3. The summed E-state index contributed by atoms with van der Waals surface area (Å²) < 4.78 is 18.0. The van der Waals surface area contributed by atoms with Crippen LogP contribution in [0.15, 0.2) is 0 Å². The van der Waals surface area contributed by atoms with Crippen molar-refractivity contribution >= 4 is 5.97 Å². The first-order valence-corrected chi connectivity index (χ1v) is 13.0. The predicted octanol–water partition coefficient (Wildman–Crippen LogP) is 5.20. The Bertz CT molecular complexity index is 639. The lowest BCUT2D eigenvalue weighted by Crippen LogP contribution is -2.48. The van der Waals surface area contributed by atoms with Crippen molar-refractivity contribution in [3.8, 4) is 0 Å². The minimum absolute atomic E-state index is 0.0657. The van der Waals surface area contributed by atoms with E-state index in [1.54, 1.807) is 0 Å². The average molecular weight is 417 g/mol. The Morgan fingerprint density at radius 2 is 1.53 bits per heavy atom. The molecule has 0 aromatic rings. The highest BCUT2D eigenvalue weighted by atomic mass is 16.7. The summed E-state index contributed by atoms with van der Waals surface area (Å²) in [6.07, 6.45) is 13.4. The molecule has 7 unspecified atom stereocenters. The zero-order valence-corrected chi connectivity index (χ0v) is 18.9. The van der Waals surface area contributed by atoms with Crippen LogP contribution in [0.5, 0.6) is 0 Å². The van der Waals surface area contributed by atoms with E-state index in [-0.39, 0.29) is 30.9 Å². The fourth-order valence-corrected chi connectivity index (χ4v) is 9.75. The first kappa shape index (κ1) is 20.0. The van der Waals surface area contributed by atoms with Crippen LogP contribution in [0.25, 0.3) is 0 Å². The highest BCUT2D eigenvalue weighted by Crippen LogP contribution is 2.61. The molecule has 7 aliphatic rings. The summed E-state index contributed by atoms with van der Waals surface area (Å²) in [6.45, 7) is 5.55. The van der Waals surface area contributed by atoms with E-state index in [1.165, 1.54) is 57.8 Å². The van der Waals surface area contributed by atoms with Crippen molar-refractivity contribution < 1.29 is 19.0 Å². The molecule has 0 spiro atoms. The second-order valence-corrected chi connectivity index (χ2v) is 12.1. The lowest BCUT2D eigenvalue weighted by Gasteiger charge is -2.56. The van der Waals surface area contributed by atoms with Gasteiger partial charge in [-0.3, -0.25) is 4.79 Å². The Kier molecular flexibility index (Phi) is 4.99. The molecule has 7 fully saturated rings. The van der Waals surface area contributed by atoms with Gasteiger partial charge in [0, 0.05) is 0 Å². The van der Waals surface area contributed by atoms with Gasteiger partial charge in [0.15, 0.2) is 6.79 Å². The Labute approximate surface area is 181 Å². The van der Waals surface area contributed by atoms with Crippen LogP contribution in [0.3, 0.4) is 0 Å². The summed E-state index contributed by atoms with van der Waals surface area (Å²) in [5, 5.41) is 0. The van der Waals surface area contributed by atoms with Crippen LogP contribution in [-0.2, 0) is 19.0 Å². The van der Waals surface area contributed by atoms with Crippen molar-refractivity contribution in [2.45, 2.75) is 90.3 Å². The normalized spacial score (nSPS) is 52.7. The molecule has 2 heterocycles. The fourth-order valence-electron chi connectivity index (χ4n) is 9.75. The van der Waals surface area contributed by atoms with Gasteiger partial charge in [0.25, 0.3) is 0 Å². The van der Waals surface area contributed by atoms with Crippen LogP contribution in [0.4, 0.5) is 0 Å². The number of hydrogen-bond donors (Lipinski definition) is 0. The monoisotopic (exact) mass is 416 g/mol. The number of hydrogen-bond acceptors (Lipinski definition) is 4. The van der Waals surface area contributed by atoms with Crippen LogP contribution < -0.4 is 0 Å². The van der Waals surface area contributed by atoms with E-state index in [2.05, 4.69) is 13.8 Å². The molecule has 168 valence electrons. The third-order valence-corrected chi connectivity index (χ3v) is 10.4. The van der Waals surface area contributed by atoms with Gasteiger partial charge < -0.3 is 14.2 Å². The molecular formula is C26H40O4. The molecule has 30 heavy (non-hydrogen) atoms. The Balaban J connectivity index is 1.02. The maximum absolute atomic E-state index is 12.9. The summed E-state index contributed by atoms with van der Waals surface area (Å²) in [7, 11) is 0. The van der Waals surface area contributed by atoms with Gasteiger partial charge in [-0.1, -0.05) is 26.7 Å². The molecule has 2 aliphatic heterocycles. The van der Waals surface area contributed by atoms with Crippen LogP contribution in [0, 0.1) is 52.8 Å². The number of esters is 1. The fraction of sp³-hybridized carbons (Fsp3) is 0.962. The molecule has 7 rings (SSSR count). The smallest absolute Gasteiger partial charge is 0.313 e. The Morgan fingerprint density at radius 3 is 2.17 bits per heavy atom. The molecule has 0 radical (unpaired) electrons. The lowest BCUT2D eigenvalue weighted by atomic mass is 9.50. The van der Waals surface area contributed by atoms with E-state index < -0.39 is 0 Å². The Hall–Kier alpha value is -0.610. The third-order valence-electron chi connectivity index (χ3n) is 10.4. The van der Waals surface area contributed by atoms with Gasteiger partial charge in [-0.25, -0.2) is 0 Å². The molecule has 0 N–H and O–H groups in total. The van der Waals surface area contributed by atoms with Crippen molar-refractivity contribution in [3.05, 3.63) is 0 Å². The van der Waals surface area contributed by atoms with Crippen molar-refractivity contribution in [1.29, 1.82) is 0 Å². The van der Waals surface area contributed by atoms with Gasteiger partial charge in [-0.15, -0.1) is 0 Å². The van der Waals surface area contributed by atoms with Gasteiger partial charge in [-0.05, 0) is 98.2 Å². The van der Waals surface area contributed by atoms with E-state index >= 15 is 0 Å². The summed E-state index contributed by atoms with van der Waals surface area (Å²) in [6, 6.07) is 0. The molecule has 0 amide bonds. The quantitative estimate of drug-likeness (QED) is 0.325. The minimum atomic E-state index is -0.0683. The van der Waals surface area contributed by atoms with Gasteiger partial charge in [-0.2, -0.15) is 0 Å². The molecule has 5 aliphatic carbocycles. The second kappa shape index (κ2) is 7.47. The standard InChI is InChI=1S/C26H40O4/c1-3-18-8-19(4-2)23-22(18)21-9-20(24(23)30-21)25(27)29-14-28-13-26-10-15-5-16(11-26)7-17(6-15)12-26/h15-24H,3-14H2,1-2H3. The minimum Gasteiger partial charge on any atom is -0.438 e. The molecular weight excluding hydrogens is 376 g/mol. The summed E-state index contributed by atoms with van der Waals surface area (Å²) in [4.78, 5) is 12.9. The molecule has 0 aromatic carbocycles. The zero-order valence-electron chi connectivity index (χ0n) is 18.9. The van der Waals surface area contributed by atoms with E-state index in [4.69, 9.17) is 14.2 Å². The number of fused-ring (bicyclic) bond motifs is 5. The maximum atomic E-state index is 12.9. The van der Waals surface area contributed by atoms with E-state index in [1.807, 2.05) is 0 Å². The van der Waals surface area contributed by atoms with E-state index in [9.17, 15) is 4.79 Å². The number of rotatable bonds is 7. The predicted molar refractivity (Wildman–Crippen MR) is 113 cm³/mol. The molecule has 2 saturated heterocycles. The molecule has 0 aromatic heterocycles. The van der Waals surface area contributed by atoms with Crippen molar-refractivity contribution in [3.63, 3.8) is 0 Å². The highest BCUT2D eigenvalue weighted by Gasteiger charge is 2.62. The largest absolute Gasteiger partial charge is 0.438 e. The van der Waals surface area contributed by atoms with Crippen LogP contribution in [-0.4, -0.2) is 31.6 Å². The lowest BCUT2D eigenvalue weighted by molar-refractivity contribution is -0.173. The SMILES string of the molecule is CCC1CC(CC)C2C3OC(CC3C(=O)OCOCC34CC5CC(CC(C5)C3)C4)C12. The molecule has 5 saturated carbocycles. The summed E-state index contributed by atoms with van der Waals surface area (Å²) in [5.74, 6) is 5.44. The molecule has 7 atom stereocenters. The van der Waals surface area contributed by atoms with Crippen molar-refractivity contribution in [1.82, 2.24) is 0 Å². The number of carbonyl (C=O) groups excluding carboxylic acids is 1. The summed E-state index contributed by atoms with van der Waals surface area (Å²) in [5.41, 5.74) is 0.386. The van der Waals surface area contributed by atoms with E-state index in [0.717, 1.165) is 42.6 Å². The van der Waals surface area contributed by atoms with Gasteiger partial charge in [0.2, 0.25) is 0 Å². The molecule has 4 heteroatoms. The first-order chi connectivity index (χ1) is 14.6. The Morgan fingerprint density at radius 1 is 0.900 bits per heavy atom. The van der Waals surface area contributed by atoms with Crippen molar-refractivity contribution in [2.24, 2.45) is 52.8 Å². The van der Waals surface area contributed by atoms with Crippen LogP contribution in [0.2, 0.25) is 0 Å². The molecule has 4 nitrogen and oxygen atoms in total. The maximum Gasteiger partial charge on any atom is 0.313 e. The topological polar surface area (TPSA) is 44.8 Å². The zero-order chi connectivity index (χ0) is 20.5.